The average Bonchev–Trinajstić information content (AvgIpc) is 2.99. The lowest BCUT2D eigenvalue weighted by atomic mass is 10.2. The number of aromatic nitrogens is 2. The molecule has 11 heteroatoms. The van der Waals surface area contributed by atoms with E-state index < -0.39 is 31.3 Å². The molecule has 1 aromatic heterocycles. The molecule has 0 atom stereocenters. The third kappa shape index (κ3) is 4.34. The molecule has 0 saturated heterocycles. The zero-order valence-electron chi connectivity index (χ0n) is 15.9. The molecule has 0 bridgehead atoms. The highest BCUT2D eigenvalue weighted by Gasteiger charge is 2.25. The van der Waals surface area contributed by atoms with E-state index in [9.17, 15) is 23.3 Å². The molecule has 0 radical (unpaired) electrons. The molecular formula is C19H16ClN3O6S. The minimum absolute atomic E-state index is 0.154. The van der Waals surface area contributed by atoms with Gasteiger partial charge in [-0.05, 0) is 31.2 Å². The van der Waals surface area contributed by atoms with Crippen LogP contribution in [0.15, 0.2) is 53.4 Å². The van der Waals surface area contributed by atoms with Crippen LogP contribution in [0, 0.1) is 17.0 Å². The van der Waals surface area contributed by atoms with Crippen LogP contribution in [-0.2, 0) is 21.2 Å². The summed E-state index contributed by atoms with van der Waals surface area (Å²) >= 11 is 6.38. The standard InChI is InChI=1S/C19H16ClN3O6S/c1-12-15(18(20)22(21-12)14-6-4-3-5-7-14)11-29-19(24)13-8-9-17(30(2,27)28)16(10-13)23(25)26/h3-10H,11H2,1-2H3. The van der Waals surface area contributed by atoms with Gasteiger partial charge in [0.2, 0.25) is 0 Å². The Morgan fingerprint density at radius 3 is 2.50 bits per heavy atom. The second kappa shape index (κ2) is 8.25. The number of hydrogen-bond acceptors (Lipinski definition) is 7. The molecule has 0 unspecified atom stereocenters. The van der Waals surface area contributed by atoms with Crippen molar-refractivity contribution in [2.24, 2.45) is 0 Å². The van der Waals surface area contributed by atoms with Gasteiger partial charge in [-0.25, -0.2) is 17.9 Å². The van der Waals surface area contributed by atoms with Crippen molar-refractivity contribution < 1.29 is 22.9 Å². The van der Waals surface area contributed by atoms with Gasteiger partial charge in [0, 0.05) is 17.9 Å². The maximum atomic E-state index is 12.4. The molecule has 0 amide bonds. The van der Waals surface area contributed by atoms with Crippen molar-refractivity contribution in [3.8, 4) is 5.69 Å². The Balaban J connectivity index is 1.84. The Morgan fingerprint density at radius 2 is 1.90 bits per heavy atom. The zero-order chi connectivity index (χ0) is 22.1. The summed E-state index contributed by atoms with van der Waals surface area (Å²) in [6.07, 6.45) is 0.850. The first-order valence-electron chi connectivity index (χ1n) is 8.54. The molecule has 0 aliphatic carbocycles. The van der Waals surface area contributed by atoms with Crippen molar-refractivity contribution in [2.75, 3.05) is 6.26 Å². The Bertz CT molecular complexity index is 1240. The van der Waals surface area contributed by atoms with Crippen molar-refractivity contribution in [3.05, 3.63) is 80.6 Å². The van der Waals surface area contributed by atoms with E-state index in [1.54, 1.807) is 6.92 Å². The molecule has 0 spiro atoms. The fraction of sp³-hybridized carbons (Fsp3) is 0.158. The lowest BCUT2D eigenvalue weighted by Crippen LogP contribution is -2.09. The van der Waals surface area contributed by atoms with Gasteiger partial charge < -0.3 is 4.74 Å². The van der Waals surface area contributed by atoms with Crippen LogP contribution in [-0.4, -0.2) is 35.3 Å². The van der Waals surface area contributed by atoms with Crippen LogP contribution in [0.1, 0.15) is 21.6 Å². The van der Waals surface area contributed by atoms with Gasteiger partial charge >= 0.3 is 5.97 Å². The Kier molecular flexibility index (Phi) is 5.90. The first kappa shape index (κ1) is 21.5. The molecule has 2 aromatic carbocycles. The number of carbonyl (C=O) groups is 1. The number of aryl methyl sites for hydroxylation is 1. The molecule has 3 aromatic rings. The van der Waals surface area contributed by atoms with E-state index in [4.69, 9.17) is 16.3 Å². The van der Waals surface area contributed by atoms with Crippen LogP contribution in [0.4, 0.5) is 5.69 Å². The average molecular weight is 450 g/mol. The summed E-state index contributed by atoms with van der Waals surface area (Å²) in [5.41, 5.74) is 0.915. The number of ether oxygens (including phenoxy) is 1. The van der Waals surface area contributed by atoms with E-state index >= 15 is 0 Å². The van der Waals surface area contributed by atoms with E-state index in [-0.39, 0.29) is 17.3 Å². The fourth-order valence-corrected chi connectivity index (χ4v) is 3.91. The molecule has 30 heavy (non-hydrogen) atoms. The van der Waals surface area contributed by atoms with Gasteiger partial charge in [-0.15, -0.1) is 0 Å². The largest absolute Gasteiger partial charge is 0.457 e. The van der Waals surface area contributed by atoms with Crippen molar-refractivity contribution in [1.29, 1.82) is 0 Å². The third-order valence-electron chi connectivity index (χ3n) is 4.26. The van der Waals surface area contributed by atoms with Gasteiger partial charge in [0.25, 0.3) is 5.69 Å². The molecular weight excluding hydrogens is 434 g/mol. The first-order chi connectivity index (χ1) is 14.1. The summed E-state index contributed by atoms with van der Waals surface area (Å²) in [5.74, 6) is -0.860. The molecule has 3 rings (SSSR count). The minimum atomic E-state index is -3.83. The number of nitro groups is 1. The van der Waals surface area contributed by atoms with Crippen LogP contribution < -0.4 is 0 Å². The molecule has 9 nitrogen and oxygen atoms in total. The summed E-state index contributed by atoms with van der Waals surface area (Å²) in [7, 11) is -3.83. The highest BCUT2D eigenvalue weighted by atomic mass is 35.5. The first-order valence-corrected chi connectivity index (χ1v) is 10.8. The van der Waals surface area contributed by atoms with E-state index in [0.717, 1.165) is 30.1 Å². The van der Waals surface area contributed by atoms with Crippen molar-refractivity contribution in [3.63, 3.8) is 0 Å². The smallest absolute Gasteiger partial charge is 0.338 e. The van der Waals surface area contributed by atoms with E-state index in [1.165, 1.54) is 4.68 Å². The number of halogens is 1. The third-order valence-corrected chi connectivity index (χ3v) is 5.79. The minimum Gasteiger partial charge on any atom is -0.457 e. The van der Waals surface area contributed by atoms with E-state index in [1.807, 2.05) is 30.3 Å². The SMILES string of the molecule is Cc1nn(-c2ccccc2)c(Cl)c1COC(=O)c1ccc(S(C)(=O)=O)c([N+](=O)[O-])c1. The van der Waals surface area contributed by atoms with Crippen LogP contribution in [0.5, 0.6) is 0 Å². The lowest BCUT2D eigenvalue weighted by Gasteiger charge is -2.07. The van der Waals surface area contributed by atoms with E-state index in [2.05, 4.69) is 5.10 Å². The van der Waals surface area contributed by atoms with Crippen molar-refractivity contribution in [2.45, 2.75) is 18.4 Å². The van der Waals surface area contributed by atoms with Crippen LogP contribution >= 0.6 is 11.6 Å². The topological polar surface area (TPSA) is 121 Å². The van der Waals surface area contributed by atoms with Crippen LogP contribution in [0.25, 0.3) is 5.69 Å². The second-order valence-electron chi connectivity index (χ2n) is 6.39. The molecule has 0 saturated carbocycles. The lowest BCUT2D eigenvalue weighted by molar-refractivity contribution is -0.387. The Hall–Kier alpha value is -3.24. The molecule has 156 valence electrons. The molecule has 0 N–H and O–H groups in total. The second-order valence-corrected chi connectivity index (χ2v) is 8.73. The number of para-hydroxylation sites is 1. The highest BCUT2D eigenvalue weighted by Crippen LogP contribution is 2.27. The number of sulfone groups is 1. The number of benzene rings is 2. The van der Waals surface area contributed by atoms with Gasteiger partial charge in [-0.3, -0.25) is 10.1 Å². The number of nitrogens with zero attached hydrogens (tertiary/aromatic N) is 3. The van der Waals surface area contributed by atoms with Crippen LogP contribution in [0.2, 0.25) is 5.15 Å². The van der Waals surface area contributed by atoms with Gasteiger partial charge in [-0.1, -0.05) is 29.8 Å². The predicted octanol–water partition coefficient (Wildman–Crippen LogP) is 3.50. The monoisotopic (exact) mass is 449 g/mol. The Labute approximate surface area is 176 Å². The van der Waals surface area contributed by atoms with Crippen molar-refractivity contribution >= 4 is 33.1 Å². The summed E-state index contributed by atoms with van der Waals surface area (Å²) in [6.45, 7) is 1.50. The summed E-state index contributed by atoms with van der Waals surface area (Å²) in [4.78, 5) is 22.3. The zero-order valence-corrected chi connectivity index (χ0v) is 17.5. The number of nitro benzene ring substituents is 1. The van der Waals surface area contributed by atoms with Gasteiger partial charge in [-0.2, -0.15) is 5.10 Å². The molecule has 0 aliphatic heterocycles. The number of carbonyl (C=O) groups excluding carboxylic acids is 1. The van der Waals surface area contributed by atoms with Crippen LogP contribution in [0.3, 0.4) is 0 Å². The van der Waals surface area contributed by atoms with Gasteiger partial charge in [0.05, 0.1) is 21.9 Å². The molecule has 0 fully saturated rings. The highest BCUT2D eigenvalue weighted by molar-refractivity contribution is 7.90. The fourth-order valence-electron chi connectivity index (χ4n) is 2.76. The predicted molar refractivity (Wildman–Crippen MR) is 109 cm³/mol. The summed E-state index contributed by atoms with van der Waals surface area (Å²) < 4.78 is 30.1. The summed E-state index contributed by atoms with van der Waals surface area (Å²) in [5, 5.41) is 15.8. The van der Waals surface area contributed by atoms with Crippen molar-refractivity contribution in [1.82, 2.24) is 9.78 Å². The van der Waals surface area contributed by atoms with Gasteiger partial charge in [0.1, 0.15) is 16.7 Å². The Morgan fingerprint density at radius 1 is 1.23 bits per heavy atom. The maximum absolute atomic E-state index is 12.4. The molecule has 0 aliphatic rings. The normalized spacial score (nSPS) is 11.3. The maximum Gasteiger partial charge on any atom is 0.338 e. The van der Waals surface area contributed by atoms with Gasteiger partial charge in [0.15, 0.2) is 9.84 Å². The summed E-state index contributed by atoms with van der Waals surface area (Å²) in [6, 6.07) is 12.2. The molecule has 1 heterocycles. The number of rotatable bonds is 6. The van der Waals surface area contributed by atoms with E-state index in [0.29, 0.717) is 11.3 Å². The number of hydrogen-bond donors (Lipinski definition) is 0. The quantitative estimate of drug-likeness (QED) is 0.320. The number of esters is 1.